The van der Waals surface area contributed by atoms with Crippen LogP contribution in [0.1, 0.15) is 37.7 Å². The fraction of sp³-hybridized carbons (Fsp3) is 0.647. The SMILES string of the molecule is CCCS(=O)(=O)OC[C@H]1CC[C@H](O)[C@@H](c2ccc(F)cc2)[C@@H]1CO. The number of benzene rings is 1. The monoisotopic (exact) mass is 360 g/mol. The summed E-state index contributed by atoms with van der Waals surface area (Å²) < 4.78 is 41.7. The molecule has 1 saturated carbocycles. The van der Waals surface area contributed by atoms with E-state index in [1.54, 1.807) is 19.1 Å². The lowest BCUT2D eigenvalue weighted by atomic mass is 9.68. The lowest BCUT2D eigenvalue weighted by Crippen LogP contribution is -2.40. The maximum atomic E-state index is 13.1. The first-order chi connectivity index (χ1) is 11.4. The van der Waals surface area contributed by atoms with Gasteiger partial charge in [0.1, 0.15) is 5.82 Å². The summed E-state index contributed by atoms with van der Waals surface area (Å²) in [6, 6.07) is 5.84. The third kappa shape index (κ3) is 4.75. The van der Waals surface area contributed by atoms with E-state index in [0.717, 1.165) is 5.56 Å². The first-order valence-electron chi connectivity index (χ1n) is 8.29. The van der Waals surface area contributed by atoms with Crippen molar-refractivity contribution in [3.05, 3.63) is 35.6 Å². The Bertz CT molecular complexity index is 616. The van der Waals surface area contributed by atoms with Crippen molar-refractivity contribution in [3.63, 3.8) is 0 Å². The van der Waals surface area contributed by atoms with Gasteiger partial charge in [-0.2, -0.15) is 8.42 Å². The highest BCUT2D eigenvalue weighted by molar-refractivity contribution is 7.86. The molecule has 24 heavy (non-hydrogen) atoms. The fourth-order valence-corrected chi connectivity index (χ4v) is 4.48. The second-order valence-electron chi connectivity index (χ2n) is 6.37. The Morgan fingerprint density at radius 3 is 2.50 bits per heavy atom. The topological polar surface area (TPSA) is 83.8 Å². The summed E-state index contributed by atoms with van der Waals surface area (Å²) in [6.07, 6.45) is 0.885. The number of aliphatic hydroxyl groups is 2. The van der Waals surface area contributed by atoms with Gasteiger partial charge in [0.25, 0.3) is 10.1 Å². The first kappa shape index (κ1) is 19.3. The predicted octanol–water partition coefficient (Wildman–Crippen LogP) is 2.05. The molecule has 5 nitrogen and oxygen atoms in total. The second-order valence-corrected chi connectivity index (χ2v) is 8.13. The number of hydrogen-bond acceptors (Lipinski definition) is 5. The molecule has 0 unspecified atom stereocenters. The Labute approximate surface area is 142 Å². The number of aliphatic hydroxyl groups excluding tert-OH is 2. The van der Waals surface area contributed by atoms with E-state index < -0.39 is 16.2 Å². The smallest absolute Gasteiger partial charge is 0.267 e. The minimum Gasteiger partial charge on any atom is -0.396 e. The average molecular weight is 360 g/mol. The molecule has 7 heteroatoms. The molecule has 0 heterocycles. The molecule has 1 aliphatic carbocycles. The van der Waals surface area contributed by atoms with Crippen LogP contribution in [-0.4, -0.2) is 43.7 Å². The zero-order chi connectivity index (χ0) is 17.7. The molecule has 136 valence electrons. The minimum atomic E-state index is -3.56. The quantitative estimate of drug-likeness (QED) is 0.727. The van der Waals surface area contributed by atoms with Crippen molar-refractivity contribution in [2.45, 2.75) is 38.2 Å². The third-order valence-corrected chi connectivity index (χ3v) is 6.10. The normalized spacial score (nSPS) is 28.0. The summed E-state index contributed by atoms with van der Waals surface area (Å²) in [5.41, 5.74) is 0.740. The first-order valence-corrected chi connectivity index (χ1v) is 9.87. The molecular formula is C17H25FO5S. The highest BCUT2D eigenvalue weighted by atomic mass is 32.2. The molecule has 0 amide bonds. The number of rotatable bonds is 7. The summed E-state index contributed by atoms with van der Waals surface area (Å²) in [5.74, 6) is -1.29. The van der Waals surface area contributed by atoms with Crippen LogP contribution in [0.5, 0.6) is 0 Å². The summed E-state index contributed by atoms with van der Waals surface area (Å²) in [5, 5.41) is 20.2. The van der Waals surface area contributed by atoms with Gasteiger partial charge in [-0.1, -0.05) is 19.1 Å². The van der Waals surface area contributed by atoms with Crippen LogP contribution in [0.15, 0.2) is 24.3 Å². The van der Waals surface area contributed by atoms with E-state index in [1.807, 2.05) is 0 Å². The Kier molecular flexibility index (Phi) is 6.74. The fourth-order valence-electron chi connectivity index (χ4n) is 3.48. The molecule has 1 aromatic carbocycles. The predicted molar refractivity (Wildman–Crippen MR) is 88.5 cm³/mol. The Hall–Kier alpha value is -1.02. The Balaban J connectivity index is 2.14. The van der Waals surface area contributed by atoms with Gasteiger partial charge in [0.15, 0.2) is 0 Å². The largest absolute Gasteiger partial charge is 0.396 e. The van der Waals surface area contributed by atoms with Crippen LogP contribution < -0.4 is 0 Å². The van der Waals surface area contributed by atoms with Crippen LogP contribution in [0, 0.1) is 17.7 Å². The Morgan fingerprint density at radius 2 is 1.92 bits per heavy atom. The average Bonchev–Trinajstić information content (AvgIpc) is 2.54. The van der Waals surface area contributed by atoms with Crippen LogP contribution in [0.2, 0.25) is 0 Å². The molecule has 1 fully saturated rings. The summed E-state index contributed by atoms with van der Waals surface area (Å²) >= 11 is 0. The van der Waals surface area contributed by atoms with E-state index in [1.165, 1.54) is 12.1 Å². The standard InChI is InChI=1S/C17H25FO5S/c1-2-9-24(21,22)23-11-13-5-8-16(20)17(15(13)10-19)12-3-6-14(18)7-4-12/h3-4,6-7,13,15-17,19-20H,2,5,8-11H2,1H3/t13-,15-,16+,17+/m1/s1. The van der Waals surface area contributed by atoms with Gasteiger partial charge in [0.2, 0.25) is 0 Å². The van der Waals surface area contributed by atoms with Crippen molar-refractivity contribution in [3.8, 4) is 0 Å². The molecule has 0 aromatic heterocycles. The van der Waals surface area contributed by atoms with E-state index in [0.29, 0.717) is 19.3 Å². The van der Waals surface area contributed by atoms with E-state index in [4.69, 9.17) is 4.18 Å². The van der Waals surface area contributed by atoms with E-state index >= 15 is 0 Å². The zero-order valence-corrected chi connectivity index (χ0v) is 14.6. The minimum absolute atomic E-state index is 0.00201. The van der Waals surface area contributed by atoms with E-state index in [2.05, 4.69) is 0 Å². The van der Waals surface area contributed by atoms with Crippen LogP contribution >= 0.6 is 0 Å². The molecule has 0 aliphatic heterocycles. The molecule has 0 bridgehead atoms. The van der Waals surface area contributed by atoms with Gasteiger partial charge in [0, 0.05) is 12.5 Å². The zero-order valence-electron chi connectivity index (χ0n) is 13.8. The maximum absolute atomic E-state index is 13.1. The van der Waals surface area contributed by atoms with Crippen LogP contribution in [0.3, 0.4) is 0 Å². The molecule has 1 aromatic rings. The molecule has 0 saturated heterocycles. The van der Waals surface area contributed by atoms with Gasteiger partial charge in [0.05, 0.1) is 18.5 Å². The lowest BCUT2D eigenvalue weighted by Gasteiger charge is -2.40. The van der Waals surface area contributed by atoms with Gasteiger partial charge in [-0.05, 0) is 48.8 Å². The molecule has 2 N–H and O–H groups in total. The van der Waals surface area contributed by atoms with Gasteiger partial charge in [-0.3, -0.25) is 4.18 Å². The summed E-state index contributed by atoms with van der Waals surface area (Å²) in [7, 11) is -3.56. The van der Waals surface area contributed by atoms with Crippen molar-refractivity contribution in [1.29, 1.82) is 0 Å². The molecule has 2 rings (SSSR count). The van der Waals surface area contributed by atoms with Crippen LogP contribution in [-0.2, 0) is 14.3 Å². The van der Waals surface area contributed by atoms with Crippen molar-refractivity contribution in [1.82, 2.24) is 0 Å². The highest BCUT2D eigenvalue weighted by Gasteiger charge is 2.39. The summed E-state index contributed by atoms with van der Waals surface area (Å²) in [4.78, 5) is 0. The molecule has 1 aliphatic rings. The second kappa shape index (κ2) is 8.38. The van der Waals surface area contributed by atoms with Gasteiger partial charge >= 0.3 is 0 Å². The van der Waals surface area contributed by atoms with Crippen LogP contribution in [0.4, 0.5) is 4.39 Å². The molecular weight excluding hydrogens is 335 g/mol. The maximum Gasteiger partial charge on any atom is 0.267 e. The van der Waals surface area contributed by atoms with Crippen molar-refractivity contribution < 1.29 is 27.2 Å². The Morgan fingerprint density at radius 1 is 1.25 bits per heavy atom. The van der Waals surface area contributed by atoms with Gasteiger partial charge < -0.3 is 10.2 Å². The molecule has 0 radical (unpaired) electrons. The van der Waals surface area contributed by atoms with E-state index in [9.17, 15) is 23.0 Å². The number of hydrogen-bond donors (Lipinski definition) is 2. The number of halogens is 1. The molecule has 0 spiro atoms. The summed E-state index contributed by atoms with van der Waals surface area (Å²) in [6.45, 7) is 1.57. The third-order valence-electron chi connectivity index (χ3n) is 4.70. The molecule has 4 atom stereocenters. The van der Waals surface area contributed by atoms with E-state index in [-0.39, 0.29) is 42.5 Å². The lowest BCUT2D eigenvalue weighted by molar-refractivity contribution is 0.00184. The van der Waals surface area contributed by atoms with Crippen molar-refractivity contribution in [2.24, 2.45) is 11.8 Å². The van der Waals surface area contributed by atoms with Crippen molar-refractivity contribution >= 4 is 10.1 Å². The van der Waals surface area contributed by atoms with Crippen molar-refractivity contribution in [2.75, 3.05) is 19.0 Å². The van der Waals surface area contributed by atoms with Gasteiger partial charge in [-0.25, -0.2) is 4.39 Å². The highest BCUT2D eigenvalue weighted by Crippen LogP contribution is 2.41. The van der Waals surface area contributed by atoms with Crippen LogP contribution in [0.25, 0.3) is 0 Å². The van der Waals surface area contributed by atoms with Gasteiger partial charge in [-0.15, -0.1) is 0 Å².